The molecule has 0 radical (unpaired) electrons. The van der Waals surface area contributed by atoms with Gasteiger partial charge in [-0.2, -0.15) is 0 Å². The van der Waals surface area contributed by atoms with Gasteiger partial charge in [0.25, 0.3) is 0 Å². The third kappa shape index (κ3) is 3.93. The smallest absolute Gasteiger partial charge is 0.165 e. The van der Waals surface area contributed by atoms with Crippen molar-refractivity contribution in [3.05, 3.63) is 0 Å². The molecule has 0 rings (SSSR count). The van der Waals surface area contributed by atoms with Crippen molar-refractivity contribution in [2.75, 3.05) is 6.61 Å². The first-order valence-electron chi connectivity index (χ1n) is 5.17. The van der Waals surface area contributed by atoms with E-state index in [0.29, 0.717) is 19.4 Å². The quantitative estimate of drug-likeness (QED) is 0.610. The number of hydrogen-bond donors (Lipinski definition) is 0. The highest BCUT2D eigenvalue weighted by atomic mass is 16.5. The molecule has 0 heterocycles. The van der Waals surface area contributed by atoms with Gasteiger partial charge in [-0.05, 0) is 27.2 Å². The first-order valence-corrected chi connectivity index (χ1v) is 5.17. The van der Waals surface area contributed by atoms with E-state index in [1.807, 2.05) is 20.8 Å². The molecular formula is C12H20O2. The van der Waals surface area contributed by atoms with E-state index in [2.05, 4.69) is 11.8 Å². The Bertz CT molecular complexity index is 234. The van der Waals surface area contributed by atoms with Crippen molar-refractivity contribution < 1.29 is 9.53 Å². The summed E-state index contributed by atoms with van der Waals surface area (Å²) in [6.45, 7) is 8.10. The fourth-order valence-electron chi connectivity index (χ4n) is 1.26. The van der Waals surface area contributed by atoms with E-state index >= 15 is 0 Å². The molecular weight excluding hydrogens is 176 g/mol. The third-order valence-corrected chi connectivity index (χ3v) is 2.38. The highest BCUT2D eigenvalue weighted by molar-refractivity contribution is 5.87. The second-order valence-electron chi connectivity index (χ2n) is 3.37. The predicted molar refractivity (Wildman–Crippen MR) is 58.0 cm³/mol. The molecule has 0 saturated carbocycles. The molecule has 0 aromatic carbocycles. The largest absolute Gasteiger partial charge is 0.368 e. The minimum absolute atomic E-state index is 0.157. The summed E-state index contributed by atoms with van der Waals surface area (Å²) in [5.74, 6) is 5.83. The van der Waals surface area contributed by atoms with Crippen LogP contribution in [0, 0.1) is 11.8 Å². The van der Waals surface area contributed by atoms with Crippen LogP contribution in [0.25, 0.3) is 0 Å². The zero-order valence-corrected chi connectivity index (χ0v) is 9.64. The topological polar surface area (TPSA) is 26.3 Å². The molecule has 1 unspecified atom stereocenters. The highest BCUT2D eigenvalue weighted by Gasteiger charge is 2.30. The number of carbonyl (C=O) groups is 1. The van der Waals surface area contributed by atoms with Crippen molar-refractivity contribution in [2.24, 2.45) is 0 Å². The van der Waals surface area contributed by atoms with Crippen molar-refractivity contribution in [3.8, 4) is 11.8 Å². The maximum Gasteiger partial charge on any atom is 0.165 e. The van der Waals surface area contributed by atoms with Crippen molar-refractivity contribution in [2.45, 2.75) is 52.6 Å². The predicted octanol–water partition coefficient (Wildman–Crippen LogP) is 2.56. The summed E-state index contributed by atoms with van der Waals surface area (Å²) in [5, 5.41) is 0. The average molecular weight is 196 g/mol. The lowest BCUT2D eigenvalue weighted by molar-refractivity contribution is -0.142. The van der Waals surface area contributed by atoms with Crippen LogP contribution in [0.5, 0.6) is 0 Å². The van der Waals surface area contributed by atoms with Gasteiger partial charge < -0.3 is 4.74 Å². The molecule has 0 fully saturated rings. The van der Waals surface area contributed by atoms with Gasteiger partial charge in [0.15, 0.2) is 5.78 Å². The first-order chi connectivity index (χ1) is 6.60. The Hall–Kier alpha value is -0.810. The minimum atomic E-state index is -0.607. The Balaban J connectivity index is 4.20. The van der Waals surface area contributed by atoms with Crippen LogP contribution in [-0.4, -0.2) is 18.0 Å². The summed E-state index contributed by atoms with van der Waals surface area (Å²) in [4.78, 5) is 11.8. The van der Waals surface area contributed by atoms with Crippen LogP contribution >= 0.6 is 0 Å². The van der Waals surface area contributed by atoms with Crippen LogP contribution in [0.4, 0.5) is 0 Å². The number of rotatable bonds is 6. The van der Waals surface area contributed by atoms with Crippen molar-refractivity contribution in [3.63, 3.8) is 0 Å². The van der Waals surface area contributed by atoms with Crippen LogP contribution in [0.3, 0.4) is 0 Å². The average Bonchev–Trinajstić information content (AvgIpc) is 2.18. The van der Waals surface area contributed by atoms with E-state index in [4.69, 9.17) is 4.74 Å². The Labute approximate surface area is 87.0 Å². The van der Waals surface area contributed by atoms with Gasteiger partial charge in [-0.3, -0.25) is 4.79 Å². The van der Waals surface area contributed by atoms with Gasteiger partial charge in [0.1, 0.15) is 5.60 Å². The van der Waals surface area contributed by atoms with Crippen LogP contribution in [0.15, 0.2) is 0 Å². The summed E-state index contributed by atoms with van der Waals surface area (Å²) < 4.78 is 5.47. The van der Waals surface area contributed by atoms with E-state index in [9.17, 15) is 4.79 Å². The standard InChI is InChI=1S/C12H20O2/c1-5-8-9-10-11(13)12(4,6-2)14-7-3/h6-7,9-10H2,1-4H3. The second kappa shape index (κ2) is 6.62. The van der Waals surface area contributed by atoms with Crippen LogP contribution < -0.4 is 0 Å². The summed E-state index contributed by atoms with van der Waals surface area (Å²) in [6.07, 6.45) is 1.85. The molecule has 0 amide bonds. The van der Waals surface area contributed by atoms with E-state index in [1.165, 1.54) is 0 Å². The SMILES string of the molecule is CC#CCCC(=O)C(C)(CC)OCC. The molecule has 0 aromatic rings. The molecule has 0 aliphatic rings. The number of Topliss-reactive ketones (excluding diaryl/α,β-unsaturated/α-hetero) is 1. The van der Waals surface area contributed by atoms with E-state index in [1.54, 1.807) is 6.92 Å². The zero-order valence-electron chi connectivity index (χ0n) is 9.64. The lowest BCUT2D eigenvalue weighted by Crippen LogP contribution is -2.37. The lowest BCUT2D eigenvalue weighted by atomic mass is 9.94. The van der Waals surface area contributed by atoms with Gasteiger partial charge in [0.05, 0.1) is 0 Å². The van der Waals surface area contributed by atoms with Gasteiger partial charge in [0.2, 0.25) is 0 Å². The number of carbonyl (C=O) groups excluding carboxylic acids is 1. The molecule has 14 heavy (non-hydrogen) atoms. The Kier molecular flexibility index (Phi) is 6.23. The zero-order chi connectivity index (χ0) is 11.0. The van der Waals surface area contributed by atoms with Gasteiger partial charge >= 0.3 is 0 Å². The van der Waals surface area contributed by atoms with Gasteiger partial charge in [-0.15, -0.1) is 11.8 Å². The maximum atomic E-state index is 11.8. The molecule has 0 spiro atoms. The summed E-state index contributed by atoms with van der Waals surface area (Å²) >= 11 is 0. The molecule has 0 aliphatic carbocycles. The second-order valence-corrected chi connectivity index (χ2v) is 3.37. The summed E-state index contributed by atoms with van der Waals surface area (Å²) in [5.41, 5.74) is -0.607. The fourth-order valence-corrected chi connectivity index (χ4v) is 1.26. The molecule has 2 heteroatoms. The van der Waals surface area contributed by atoms with E-state index < -0.39 is 5.60 Å². The normalized spacial score (nSPS) is 14.0. The molecule has 0 saturated heterocycles. The van der Waals surface area contributed by atoms with Crippen molar-refractivity contribution in [1.82, 2.24) is 0 Å². The molecule has 0 aliphatic heterocycles. The molecule has 0 aromatic heterocycles. The Morgan fingerprint density at radius 1 is 1.43 bits per heavy atom. The third-order valence-electron chi connectivity index (χ3n) is 2.38. The molecule has 80 valence electrons. The maximum absolute atomic E-state index is 11.8. The lowest BCUT2D eigenvalue weighted by Gasteiger charge is -2.26. The first kappa shape index (κ1) is 13.2. The van der Waals surface area contributed by atoms with Crippen molar-refractivity contribution in [1.29, 1.82) is 0 Å². The highest BCUT2D eigenvalue weighted by Crippen LogP contribution is 2.18. The summed E-state index contributed by atoms with van der Waals surface area (Å²) in [7, 11) is 0. The molecule has 2 nitrogen and oxygen atoms in total. The van der Waals surface area contributed by atoms with Gasteiger partial charge in [-0.1, -0.05) is 6.92 Å². The number of hydrogen-bond acceptors (Lipinski definition) is 2. The van der Waals surface area contributed by atoms with Crippen LogP contribution in [0.1, 0.15) is 47.0 Å². The fraction of sp³-hybridized carbons (Fsp3) is 0.750. The van der Waals surface area contributed by atoms with Gasteiger partial charge in [-0.25, -0.2) is 0 Å². The number of ketones is 1. The minimum Gasteiger partial charge on any atom is -0.368 e. The molecule has 1 atom stereocenters. The monoisotopic (exact) mass is 196 g/mol. The van der Waals surface area contributed by atoms with Crippen molar-refractivity contribution >= 4 is 5.78 Å². The van der Waals surface area contributed by atoms with Crippen LogP contribution in [0.2, 0.25) is 0 Å². The summed E-state index contributed by atoms with van der Waals surface area (Å²) in [6, 6.07) is 0. The van der Waals surface area contributed by atoms with E-state index in [0.717, 1.165) is 6.42 Å². The Morgan fingerprint density at radius 3 is 2.50 bits per heavy atom. The van der Waals surface area contributed by atoms with E-state index in [-0.39, 0.29) is 5.78 Å². The van der Waals surface area contributed by atoms with Gasteiger partial charge in [0, 0.05) is 19.4 Å². The Morgan fingerprint density at radius 2 is 2.07 bits per heavy atom. The number of ether oxygens (including phenoxy) is 1. The van der Waals surface area contributed by atoms with Crippen LogP contribution in [-0.2, 0) is 9.53 Å². The molecule has 0 bridgehead atoms. The molecule has 0 N–H and O–H groups in total.